The van der Waals surface area contributed by atoms with Gasteiger partial charge in [0.1, 0.15) is 4.88 Å². The zero-order chi connectivity index (χ0) is 11.4. The Hall–Kier alpha value is -0.350. The fourth-order valence-electron chi connectivity index (χ4n) is 1.51. The molecule has 1 amide bonds. The second-order valence-corrected chi connectivity index (χ2v) is 5.87. The van der Waals surface area contributed by atoms with Crippen molar-refractivity contribution in [3.05, 3.63) is 20.8 Å². The molecule has 0 saturated carbocycles. The maximum absolute atomic E-state index is 11.8. The predicted molar refractivity (Wildman–Crippen MR) is 68.4 cm³/mol. The Morgan fingerprint density at radius 3 is 2.67 bits per heavy atom. The van der Waals surface area contributed by atoms with Crippen LogP contribution in [0.2, 0.25) is 0 Å². The molecule has 1 aromatic rings. The molecule has 0 spiro atoms. The highest BCUT2D eigenvalue weighted by molar-refractivity contribution is 9.10. The van der Waals surface area contributed by atoms with Crippen LogP contribution in [0.4, 0.5) is 0 Å². The third-order valence-corrected chi connectivity index (χ3v) is 3.86. The van der Waals surface area contributed by atoms with Crippen LogP contribution in [0, 0.1) is 5.92 Å². The molecule has 4 heteroatoms. The summed E-state index contributed by atoms with van der Waals surface area (Å²) in [6, 6.07) is 2.12. The summed E-state index contributed by atoms with van der Waals surface area (Å²) in [5, 5.41) is 4.90. The zero-order valence-electron chi connectivity index (χ0n) is 9.21. The molecule has 0 aliphatic rings. The number of thiophene rings is 1. The molecule has 0 fully saturated rings. The van der Waals surface area contributed by atoms with Gasteiger partial charge in [0.05, 0.1) is 0 Å². The molecule has 2 nitrogen and oxygen atoms in total. The predicted octanol–water partition coefficient (Wildman–Crippen LogP) is 3.68. The van der Waals surface area contributed by atoms with Crippen LogP contribution in [-0.2, 0) is 0 Å². The Bertz CT molecular complexity index is 335. The molecule has 0 saturated heterocycles. The first-order valence-corrected chi connectivity index (χ1v) is 6.71. The zero-order valence-corrected chi connectivity index (χ0v) is 11.6. The Kier molecular flexibility index (Phi) is 4.80. The van der Waals surface area contributed by atoms with Crippen molar-refractivity contribution in [1.29, 1.82) is 0 Å². The molecule has 84 valence electrons. The van der Waals surface area contributed by atoms with Crippen molar-refractivity contribution in [3.63, 3.8) is 0 Å². The van der Waals surface area contributed by atoms with Crippen LogP contribution < -0.4 is 5.32 Å². The van der Waals surface area contributed by atoms with Crippen LogP contribution in [0.1, 0.15) is 36.9 Å². The molecule has 0 aliphatic heterocycles. The fraction of sp³-hybridized carbons (Fsp3) is 0.545. The molecule has 1 unspecified atom stereocenters. The van der Waals surface area contributed by atoms with E-state index in [0.29, 0.717) is 5.92 Å². The third-order valence-electron chi connectivity index (χ3n) is 2.03. The van der Waals surface area contributed by atoms with Gasteiger partial charge in [-0.3, -0.25) is 4.79 Å². The molecule has 0 bridgehead atoms. The minimum atomic E-state index is 0.0185. The molecule has 1 heterocycles. The van der Waals surface area contributed by atoms with Crippen LogP contribution in [0.5, 0.6) is 0 Å². The summed E-state index contributed by atoms with van der Waals surface area (Å²) in [4.78, 5) is 12.5. The average molecular weight is 290 g/mol. The van der Waals surface area contributed by atoms with Crippen molar-refractivity contribution in [1.82, 2.24) is 5.32 Å². The van der Waals surface area contributed by atoms with Crippen molar-refractivity contribution in [3.8, 4) is 0 Å². The van der Waals surface area contributed by atoms with E-state index in [2.05, 4.69) is 35.1 Å². The van der Waals surface area contributed by atoms with Gasteiger partial charge in [0.25, 0.3) is 5.91 Å². The Labute approximate surface area is 103 Å². The van der Waals surface area contributed by atoms with Gasteiger partial charge in [0.2, 0.25) is 0 Å². The normalized spacial score (nSPS) is 12.9. The molecule has 1 N–H and O–H groups in total. The summed E-state index contributed by atoms with van der Waals surface area (Å²) in [7, 11) is 0. The first-order chi connectivity index (χ1) is 7.00. The van der Waals surface area contributed by atoms with Gasteiger partial charge in [-0.2, -0.15) is 0 Å². The number of rotatable bonds is 4. The lowest BCUT2D eigenvalue weighted by Gasteiger charge is -2.15. The second kappa shape index (κ2) is 5.66. The second-order valence-electron chi connectivity index (χ2n) is 4.10. The van der Waals surface area contributed by atoms with E-state index in [1.807, 2.05) is 18.4 Å². The molecular weight excluding hydrogens is 274 g/mol. The summed E-state index contributed by atoms with van der Waals surface area (Å²) < 4.78 is 0.877. The van der Waals surface area contributed by atoms with Crippen molar-refractivity contribution in [2.75, 3.05) is 0 Å². The number of nitrogens with one attached hydrogen (secondary N) is 1. The Morgan fingerprint density at radius 1 is 1.53 bits per heavy atom. The van der Waals surface area contributed by atoms with E-state index in [1.54, 1.807) is 0 Å². The van der Waals surface area contributed by atoms with E-state index in [1.165, 1.54) is 11.3 Å². The molecule has 15 heavy (non-hydrogen) atoms. The van der Waals surface area contributed by atoms with Crippen LogP contribution in [-0.4, -0.2) is 11.9 Å². The quantitative estimate of drug-likeness (QED) is 0.900. The molecule has 0 aliphatic carbocycles. The van der Waals surface area contributed by atoms with Crippen molar-refractivity contribution < 1.29 is 4.79 Å². The molecule has 0 aromatic carbocycles. The van der Waals surface area contributed by atoms with Gasteiger partial charge < -0.3 is 5.32 Å². The SMILES string of the molecule is CC(C)CC(C)NC(=O)c1sccc1Br. The van der Waals surface area contributed by atoms with E-state index >= 15 is 0 Å². The summed E-state index contributed by atoms with van der Waals surface area (Å²) in [6.07, 6.45) is 1.01. The van der Waals surface area contributed by atoms with Gasteiger partial charge in [-0.25, -0.2) is 0 Å². The van der Waals surface area contributed by atoms with Gasteiger partial charge >= 0.3 is 0 Å². The topological polar surface area (TPSA) is 29.1 Å². The lowest BCUT2D eigenvalue weighted by atomic mass is 10.1. The van der Waals surface area contributed by atoms with Crippen molar-refractivity contribution in [2.24, 2.45) is 5.92 Å². The summed E-state index contributed by atoms with van der Waals surface area (Å²) in [6.45, 7) is 6.35. The largest absolute Gasteiger partial charge is 0.349 e. The average Bonchev–Trinajstić information content (AvgIpc) is 2.49. The minimum absolute atomic E-state index is 0.0185. The first kappa shape index (κ1) is 12.7. The highest BCUT2D eigenvalue weighted by Gasteiger charge is 2.14. The summed E-state index contributed by atoms with van der Waals surface area (Å²) >= 11 is 4.82. The van der Waals surface area contributed by atoms with E-state index in [4.69, 9.17) is 0 Å². The van der Waals surface area contributed by atoms with Crippen LogP contribution >= 0.6 is 27.3 Å². The molecular formula is C11H16BrNOS. The number of halogens is 1. The van der Waals surface area contributed by atoms with E-state index < -0.39 is 0 Å². The third kappa shape index (κ3) is 3.95. The number of carbonyl (C=O) groups excluding carboxylic acids is 1. The summed E-state index contributed by atoms with van der Waals surface area (Å²) in [5.74, 6) is 0.622. The molecule has 1 aromatic heterocycles. The van der Waals surface area contributed by atoms with E-state index in [-0.39, 0.29) is 11.9 Å². The minimum Gasteiger partial charge on any atom is -0.349 e. The van der Waals surface area contributed by atoms with Gasteiger partial charge in [-0.15, -0.1) is 11.3 Å². The first-order valence-electron chi connectivity index (χ1n) is 5.04. The fourth-order valence-corrected chi connectivity index (χ4v) is 2.97. The van der Waals surface area contributed by atoms with Crippen LogP contribution in [0.3, 0.4) is 0 Å². The highest BCUT2D eigenvalue weighted by atomic mass is 79.9. The van der Waals surface area contributed by atoms with E-state index in [9.17, 15) is 4.79 Å². The monoisotopic (exact) mass is 289 g/mol. The number of hydrogen-bond donors (Lipinski definition) is 1. The highest BCUT2D eigenvalue weighted by Crippen LogP contribution is 2.22. The van der Waals surface area contributed by atoms with Gasteiger partial charge in [0, 0.05) is 10.5 Å². The van der Waals surface area contributed by atoms with Crippen LogP contribution in [0.25, 0.3) is 0 Å². The van der Waals surface area contributed by atoms with Gasteiger partial charge in [-0.05, 0) is 46.6 Å². The van der Waals surface area contributed by atoms with E-state index in [0.717, 1.165) is 15.8 Å². The number of amides is 1. The maximum atomic E-state index is 11.8. The number of carbonyl (C=O) groups is 1. The maximum Gasteiger partial charge on any atom is 0.262 e. The van der Waals surface area contributed by atoms with Gasteiger partial charge in [-0.1, -0.05) is 13.8 Å². The molecule has 0 radical (unpaired) electrons. The van der Waals surface area contributed by atoms with Crippen molar-refractivity contribution in [2.45, 2.75) is 33.2 Å². The van der Waals surface area contributed by atoms with Crippen molar-refractivity contribution >= 4 is 33.2 Å². The lowest BCUT2D eigenvalue weighted by Crippen LogP contribution is -2.33. The molecule has 1 atom stereocenters. The standard InChI is InChI=1S/C11H16BrNOS/c1-7(2)6-8(3)13-11(14)10-9(12)4-5-15-10/h4-5,7-8H,6H2,1-3H3,(H,13,14). The Balaban J connectivity index is 2.53. The smallest absolute Gasteiger partial charge is 0.262 e. The lowest BCUT2D eigenvalue weighted by molar-refractivity contribution is 0.0939. The number of hydrogen-bond acceptors (Lipinski definition) is 2. The molecule has 1 rings (SSSR count). The Morgan fingerprint density at radius 2 is 2.20 bits per heavy atom. The van der Waals surface area contributed by atoms with Gasteiger partial charge in [0.15, 0.2) is 0 Å². The van der Waals surface area contributed by atoms with Crippen LogP contribution in [0.15, 0.2) is 15.9 Å². The summed E-state index contributed by atoms with van der Waals surface area (Å²) in [5.41, 5.74) is 0.